The first-order valence-electron chi connectivity index (χ1n) is 11.0. The Hall–Kier alpha value is -0.400. The minimum Gasteiger partial charge on any atom is -0.394 e. The lowest BCUT2D eigenvalue weighted by Gasteiger charge is -2.42. The third-order valence-electron chi connectivity index (χ3n) is 7.89. The SMILES string of the molecule is CC(C)(O)[C@@H]1CC[C@](O)(CO[C@H]2O[C@@H](CO)[C@H](O)[C@@H](O)[C@@H]2O)[C@H]2C[C@H](O)[C@@](C)(O)[C@@H]2C1. The highest BCUT2D eigenvalue weighted by molar-refractivity contribution is 5.10. The van der Waals surface area contributed by atoms with Gasteiger partial charge in [-0.2, -0.15) is 0 Å². The van der Waals surface area contributed by atoms with Crippen molar-refractivity contribution < 1.29 is 50.3 Å². The number of aliphatic hydroxyl groups is 8. The van der Waals surface area contributed by atoms with Crippen LogP contribution in [0.5, 0.6) is 0 Å². The third kappa shape index (κ3) is 4.65. The van der Waals surface area contributed by atoms with Gasteiger partial charge in [0.25, 0.3) is 0 Å². The van der Waals surface area contributed by atoms with Crippen molar-refractivity contribution in [3.8, 4) is 0 Å². The predicted octanol–water partition coefficient (Wildman–Crippen LogP) is -2.15. The van der Waals surface area contributed by atoms with Crippen molar-refractivity contribution in [1.29, 1.82) is 0 Å². The molecular formula is C21H38O10. The van der Waals surface area contributed by atoms with Crippen molar-refractivity contribution in [3.63, 3.8) is 0 Å². The van der Waals surface area contributed by atoms with Crippen LogP contribution >= 0.6 is 0 Å². The first-order chi connectivity index (χ1) is 14.2. The molecule has 10 nitrogen and oxygen atoms in total. The Kier molecular flexibility index (Phi) is 7.12. The Morgan fingerprint density at radius 2 is 1.65 bits per heavy atom. The van der Waals surface area contributed by atoms with Gasteiger partial charge in [0.05, 0.1) is 36.1 Å². The molecule has 0 unspecified atom stereocenters. The van der Waals surface area contributed by atoms with Gasteiger partial charge < -0.3 is 50.3 Å². The fourth-order valence-electron chi connectivity index (χ4n) is 5.58. The summed E-state index contributed by atoms with van der Waals surface area (Å²) in [5.74, 6) is -1.25. The standard InChI is InChI=1S/C21H38O10/c1-19(2,27)10-4-5-21(29,12-7-14(23)20(3,28)11(12)6-10)9-30-18-17(26)16(25)15(24)13(8-22)31-18/h10-18,22-29H,4-9H2,1-3H3/t10-,11-,12+,13+,14+,15+,16-,17+,18+,20+,21+/m1/s1. The highest BCUT2D eigenvalue weighted by Gasteiger charge is 2.60. The summed E-state index contributed by atoms with van der Waals surface area (Å²) in [6, 6.07) is 0. The van der Waals surface area contributed by atoms with E-state index in [1.807, 2.05) is 0 Å². The average Bonchev–Trinajstić information content (AvgIpc) is 2.81. The molecule has 0 amide bonds. The molecule has 0 bridgehead atoms. The first-order valence-corrected chi connectivity index (χ1v) is 11.0. The van der Waals surface area contributed by atoms with Crippen LogP contribution in [0.1, 0.15) is 46.5 Å². The van der Waals surface area contributed by atoms with Crippen molar-refractivity contribution in [3.05, 3.63) is 0 Å². The number of fused-ring (bicyclic) bond motifs is 1. The van der Waals surface area contributed by atoms with Crippen LogP contribution in [0.4, 0.5) is 0 Å². The molecule has 1 heterocycles. The monoisotopic (exact) mass is 450 g/mol. The Morgan fingerprint density at radius 1 is 1.00 bits per heavy atom. The van der Waals surface area contributed by atoms with Crippen molar-refractivity contribution in [2.45, 2.75) is 100 Å². The van der Waals surface area contributed by atoms with E-state index in [2.05, 4.69) is 0 Å². The van der Waals surface area contributed by atoms with E-state index < -0.39 is 72.1 Å². The topological polar surface area (TPSA) is 180 Å². The molecule has 10 heteroatoms. The summed E-state index contributed by atoms with van der Waals surface area (Å²) in [6.45, 7) is 3.98. The smallest absolute Gasteiger partial charge is 0.186 e. The fourth-order valence-corrected chi connectivity index (χ4v) is 5.58. The van der Waals surface area contributed by atoms with Gasteiger partial charge in [0.2, 0.25) is 0 Å². The molecule has 3 fully saturated rings. The normalized spacial score (nSPS) is 51.4. The molecule has 0 radical (unpaired) electrons. The van der Waals surface area contributed by atoms with E-state index in [1.54, 1.807) is 13.8 Å². The van der Waals surface area contributed by atoms with Crippen LogP contribution in [0.3, 0.4) is 0 Å². The summed E-state index contributed by atoms with van der Waals surface area (Å²) >= 11 is 0. The van der Waals surface area contributed by atoms with Crippen LogP contribution in [0.2, 0.25) is 0 Å². The zero-order valence-electron chi connectivity index (χ0n) is 18.3. The molecule has 3 aliphatic rings. The third-order valence-corrected chi connectivity index (χ3v) is 7.89. The maximum atomic E-state index is 11.6. The summed E-state index contributed by atoms with van der Waals surface area (Å²) in [4.78, 5) is 0. The molecule has 182 valence electrons. The number of hydrogen-bond donors (Lipinski definition) is 8. The second-order valence-electron chi connectivity index (χ2n) is 10.4. The zero-order chi connectivity index (χ0) is 23.4. The molecule has 2 saturated carbocycles. The largest absolute Gasteiger partial charge is 0.394 e. The fraction of sp³-hybridized carbons (Fsp3) is 1.00. The summed E-state index contributed by atoms with van der Waals surface area (Å²) in [6.07, 6.45) is -7.04. The highest BCUT2D eigenvalue weighted by Crippen LogP contribution is 2.53. The molecule has 11 atom stereocenters. The van der Waals surface area contributed by atoms with Gasteiger partial charge in [-0.3, -0.25) is 0 Å². The first kappa shape index (κ1) is 25.2. The maximum absolute atomic E-state index is 11.6. The van der Waals surface area contributed by atoms with Crippen LogP contribution in [0.25, 0.3) is 0 Å². The summed E-state index contributed by atoms with van der Waals surface area (Å²) in [5.41, 5.74) is -3.99. The van der Waals surface area contributed by atoms with Crippen LogP contribution in [-0.2, 0) is 9.47 Å². The van der Waals surface area contributed by atoms with Gasteiger partial charge in [0.15, 0.2) is 6.29 Å². The van der Waals surface area contributed by atoms with Gasteiger partial charge in [-0.05, 0) is 64.2 Å². The van der Waals surface area contributed by atoms with E-state index in [-0.39, 0.29) is 25.4 Å². The molecule has 2 aliphatic carbocycles. The van der Waals surface area contributed by atoms with Crippen molar-refractivity contribution in [2.75, 3.05) is 13.2 Å². The van der Waals surface area contributed by atoms with Gasteiger partial charge in [-0.25, -0.2) is 0 Å². The number of ether oxygens (including phenoxy) is 2. The second-order valence-corrected chi connectivity index (χ2v) is 10.4. The molecule has 0 aromatic heterocycles. The maximum Gasteiger partial charge on any atom is 0.186 e. The van der Waals surface area contributed by atoms with E-state index in [1.165, 1.54) is 6.92 Å². The summed E-state index contributed by atoms with van der Waals surface area (Å²) < 4.78 is 11.0. The zero-order valence-corrected chi connectivity index (χ0v) is 18.3. The number of aliphatic hydroxyl groups excluding tert-OH is 5. The van der Waals surface area contributed by atoms with E-state index in [9.17, 15) is 40.9 Å². The predicted molar refractivity (Wildman–Crippen MR) is 107 cm³/mol. The van der Waals surface area contributed by atoms with Crippen molar-refractivity contribution >= 4 is 0 Å². The molecule has 3 rings (SSSR count). The Balaban J connectivity index is 1.80. The lowest BCUT2D eigenvalue weighted by molar-refractivity contribution is -0.311. The summed E-state index contributed by atoms with van der Waals surface area (Å²) in [5, 5.41) is 83.0. The summed E-state index contributed by atoms with van der Waals surface area (Å²) in [7, 11) is 0. The van der Waals surface area contributed by atoms with Crippen molar-refractivity contribution in [2.24, 2.45) is 17.8 Å². The van der Waals surface area contributed by atoms with Crippen LogP contribution < -0.4 is 0 Å². The molecule has 0 aromatic rings. The molecule has 1 aliphatic heterocycles. The highest BCUT2D eigenvalue weighted by atomic mass is 16.7. The van der Waals surface area contributed by atoms with E-state index >= 15 is 0 Å². The van der Waals surface area contributed by atoms with Gasteiger partial charge in [-0.15, -0.1) is 0 Å². The second kappa shape index (κ2) is 8.75. The number of rotatable bonds is 5. The Labute approximate surface area is 182 Å². The van der Waals surface area contributed by atoms with Crippen molar-refractivity contribution in [1.82, 2.24) is 0 Å². The molecule has 1 saturated heterocycles. The lowest BCUT2D eigenvalue weighted by atomic mass is 9.74. The van der Waals surface area contributed by atoms with E-state index in [0.29, 0.717) is 12.8 Å². The lowest BCUT2D eigenvalue weighted by Crippen LogP contribution is -2.60. The van der Waals surface area contributed by atoms with Crippen LogP contribution in [0, 0.1) is 17.8 Å². The van der Waals surface area contributed by atoms with Gasteiger partial charge in [-0.1, -0.05) is 0 Å². The molecule has 8 N–H and O–H groups in total. The van der Waals surface area contributed by atoms with Gasteiger partial charge in [0.1, 0.15) is 24.4 Å². The minimum atomic E-state index is -1.60. The molecule has 31 heavy (non-hydrogen) atoms. The molecule has 0 aromatic carbocycles. The number of hydrogen-bond acceptors (Lipinski definition) is 10. The van der Waals surface area contributed by atoms with Gasteiger partial charge in [0, 0.05) is 0 Å². The Bertz CT molecular complexity index is 620. The minimum absolute atomic E-state index is 0.144. The van der Waals surface area contributed by atoms with Crippen LogP contribution in [0.15, 0.2) is 0 Å². The molecular weight excluding hydrogens is 412 g/mol. The Morgan fingerprint density at radius 3 is 2.23 bits per heavy atom. The van der Waals surface area contributed by atoms with E-state index in [0.717, 1.165) is 0 Å². The van der Waals surface area contributed by atoms with Crippen LogP contribution in [-0.4, -0.2) is 108 Å². The molecule has 0 spiro atoms. The quantitative estimate of drug-likeness (QED) is 0.230. The van der Waals surface area contributed by atoms with E-state index in [4.69, 9.17) is 9.47 Å². The average molecular weight is 451 g/mol. The van der Waals surface area contributed by atoms with Gasteiger partial charge >= 0.3 is 0 Å².